The highest BCUT2D eigenvalue weighted by atomic mass is 32.1. The zero-order valence-electron chi connectivity index (χ0n) is 10.6. The summed E-state index contributed by atoms with van der Waals surface area (Å²) in [5.41, 5.74) is 0. The number of aliphatic hydroxyl groups excluding tert-OH is 1. The molecule has 1 heterocycles. The summed E-state index contributed by atoms with van der Waals surface area (Å²) in [6, 6.07) is 0.0390. The standard InChI is InChI=1S/C12H20N2O2S/c1-4-9(5-6-15)14-11(16)10-7-13-12(17-10)8(2)3/h7-9,15H,4-6H2,1-3H3,(H,14,16). The summed E-state index contributed by atoms with van der Waals surface area (Å²) >= 11 is 1.43. The third kappa shape index (κ3) is 4.09. The highest BCUT2D eigenvalue weighted by molar-refractivity contribution is 7.13. The van der Waals surface area contributed by atoms with E-state index in [1.165, 1.54) is 11.3 Å². The number of nitrogens with one attached hydrogen (secondary N) is 1. The van der Waals surface area contributed by atoms with Crippen molar-refractivity contribution < 1.29 is 9.90 Å². The maximum Gasteiger partial charge on any atom is 0.263 e. The van der Waals surface area contributed by atoms with Gasteiger partial charge in [-0.05, 0) is 12.8 Å². The van der Waals surface area contributed by atoms with Crippen LogP contribution in [0.5, 0.6) is 0 Å². The van der Waals surface area contributed by atoms with Crippen LogP contribution in [0, 0.1) is 0 Å². The second-order valence-corrected chi connectivity index (χ2v) is 5.37. The monoisotopic (exact) mass is 256 g/mol. The van der Waals surface area contributed by atoms with E-state index >= 15 is 0 Å². The molecule has 1 atom stereocenters. The molecule has 1 unspecified atom stereocenters. The molecular weight excluding hydrogens is 236 g/mol. The molecule has 0 bridgehead atoms. The second kappa shape index (κ2) is 6.71. The Morgan fingerprint density at radius 2 is 2.29 bits per heavy atom. The van der Waals surface area contributed by atoms with E-state index in [-0.39, 0.29) is 18.6 Å². The SMILES string of the molecule is CCC(CCO)NC(=O)c1cnc(C(C)C)s1. The van der Waals surface area contributed by atoms with Crippen LogP contribution in [0.25, 0.3) is 0 Å². The van der Waals surface area contributed by atoms with Crippen molar-refractivity contribution in [2.24, 2.45) is 0 Å². The zero-order valence-corrected chi connectivity index (χ0v) is 11.4. The van der Waals surface area contributed by atoms with Crippen LogP contribution in [0.3, 0.4) is 0 Å². The van der Waals surface area contributed by atoms with Crippen LogP contribution in [0.1, 0.15) is 54.2 Å². The Hall–Kier alpha value is -0.940. The Bertz CT molecular complexity index is 363. The van der Waals surface area contributed by atoms with Crippen molar-refractivity contribution in [1.29, 1.82) is 0 Å². The van der Waals surface area contributed by atoms with Crippen LogP contribution >= 0.6 is 11.3 Å². The van der Waals surface area contributed by atoms with Gasteiger partial charge in [0.25, 0.3) is 5.91 Å². The van der Waals surface area contributed by atoms with Gasteiger partial charge in [0.15, 0.2) is 0 Å². The smallest absolute Gasteiger partial charge is 0.263 e. The number of hydrogen-bond donors (Lipinski definition) is 2. The molecule has 0 aliphatic rings. The fourth-order valence-corrected chi connectivity index (χ4v) is 2.27. The third-order valence-corrected chi connectivity index (χ3v) is 3.84. The summed E-state index contributed by atoms with van der Waals surface area (Å²) in [7, 11) is 0. The lowest BCUT2D eigenvalue weighted by Crippen LogP contribution is -2.34. The van der Waals surface area contributed by atoms with Crippen molar-refractivity contribution >= 4 is 17.2 Å². The molecule has 17 heavy (non-hydrogen) atoms. The summed E-state index contributed by atoms with van der Waals surface area (Å²) in [6.45, 7) is 6.20. The number of thiazole rings is 1. The number of carbonyl (C=O) groups excluding carboxylic acids is 1. The molecule has 4 nitrogen and oxygen atoms in total. The molecule has 1 rings (SSSR count). The summed E-state index contributed by atoms with van der Waals surface area (Å²) < 4.78 is 0. The lowest BCUT2D eigenvalue weighted by molar-refractivity contribution is 0.0933. The fourth-order valence-electron chi connectivity index (χ4n) is 1.45. The van der Waals surface area contributed by atoms with Gasteiger partial charge in [0, 0.05) is 18.6 Å². The molecule has 0 aromatic carbocycles. The lowest BCUT2D eigenvalue weighted by atomic mass is 10.1. The average Bonchev–Trinajstić information content (AvgIpc) is 2.77. The maximum absolute atomic E-state index is 11.9. The molecule has 0 saturated carbocycles. The van der Waals surface area contributed by atoms with Gasteiger partial charge >= 0.3 is 0 Å². The minimum atomic E-state index is -0.0882. The topological polar surface area (TPSA) is 62.2 Å². The number of carbonyl (C=O) groups is 1. The first-order valence-corrected chi connectivity index (χ1v) is 6.77. The van der Waals surface area contributed by atoms with Crippen LogP contribution in [-0.4, -0.2) is 28.6 Å². The summed E-state index contributed by atoms with van der Waals surface area (Å²) in [4.78, 5) is 16.8. The third-order valence-electron chi connectivity index (χ3n) is 2.55. The van der Waals surface area contributed by atoms with Gasteiger partial charge in [-0.15, -0.1) is 11.3 Å². The molecule has 96 valence electrons. The molecule has 2 N–H and O–H groups in total. The van der Waals surface area contributed by atoms with Gasteiger partial charge in [0.05, 0.1) is 11.2 Å². The van der Waals surface area contributed by atoms with E-state index in [1.807, 2.05) is 6.92 Å². The van der Waals surface area contributed by atoms with Crippen LogP contribution < -0.4 is 5.32 Å². The average molecular weight is 256 g/mol. The molecule has 0 aliphatic heterocycles. The van der Waals surface area contributed by atoms with Crippen molar-refractivity contribution in [3.8, 4) is 0 Å². The van der Waals surface area contributed by atoms with E-state index in [0.717, 1.165) is 11.4 Å². The predicted octanol–water partition coefficient (Wildman–Crippen LogP) is 2.16. The van der Waals surface area contributed by atoms with Gasteiger partial charge in [0.1, 0.15) is 4.88 Å². The van der Waals surface area contributed by atoms with Gasteiger partial charge in [-0.1, -0.05) is 20.8 Å². The lowest BCUT2D eigenvalue weighted by Gasteiger charge is -2.14. The van der Waals surface area contributed by atoms with Crippen molar-refractivity contribution in [2.45, 2.75) is 45.6 Å². The van der Waals surface area contributed by atoms with Gasteiger partial charge in [0.2, 0.25) is 0 Å². The Labute approximate surface area is 106 Å². The van der Waals surface area contributed by atoms with E-state index in [9.17, 15) is 4.79 Å². The Morgan fingerprint density at radius 1 is 1.59 bits per heavy atom. The molecule has 0 aliphatic carbocycles. The quantitative estimate of drug-likeness (QED) is 0.820. The molecule has 1 aromatic heterocycles. The molecule has 0 spiro atoms. The van der Waals surface area contributed by atoms with E-state index in [1.54, 1.807) is 6.20 Å². The molecule has 1 amide bonds. The minimum Gasteiger partial charge on any atom is -0.396 e. The number of aliphatic hydroxyl groups is 1. The van der Waals surface area contributed by atoms with Crippen molar-refractivity contribution in [3.05, 3.63) is 16.1 Å². The normalized spacial score (nSPS) is 12.8. The molecule has 0 saturated heterocycles. The van der Waals surface area contributed by atoms with E-state index in [4.69, 9.17) is 5.11 Å². The van der Waals surface area contributed by atoms with Crippen molar-refractivity contribution in [2.75, 3.05) is 6.61 Å². The molecule has 1 aromatic rings. The number of aromatic nitrogens is 1. The minimum absolute atomic E-state index is 0.0390. The Balaban J connectivity index is 2.62. The van der Waals surface area contributed by atoms with Gasteiger partial charge < -0.3 is 10.4 Å². The van der Waals surface area contributed by atoms with Crippen LogP contribution in [0.15, 0.2) is 6.20 Å². The van der Waals surface area contributed by atoms with Crippen LogP contribution in [0.2, 0.25) is 0 Å². The predicted molar refractivity (Wildman–Crippen MR) is 69.5 cm³/mol. The van der Waals surface area contributed by atoms with Crippen LogP contribution in [-0.2, 0) is 0 Å². The Kier molecular flexibility index (Phi) is 5.58. The highest BCUT2D eigenvalue weighted by Gasteiger charge is 2.15. The van der Waals surface area contributed by atoms with Crippen LogP contribution in [0.4, 0.5) is 0 Å². The van der Waals surface area contributed by atoms with Gasteiger partial charge in [-0.3, -0.25) is 4.79 Å². The first-order valence-electron chi connectivity index (χ1n) is 5.95. The zero-order chi connectivity index (χ0) is 12.8. The first kappa shape index (κ1) is 14.1. The van der Waals surface area contributed by atoms with E-state index in [2.05, 4.69) is 24.1 Å². The second-order valence-electron chi connectivity index (χ2n) is 4.31. The summed E-state index contributed by atoms with van der Waals surface area (Å²) in [5.74, 6) is 0.260. The largest absolute Gasteiger partial charge is 0.396 e. The summed E-state index contributed by atoms with van der Waals surface area (Å²) in [5, 5.41) is 12.8. The summed E-state index contributed by atoms with van der Waals surface area (Å²) in [6.07, 6.45) is 3.04. The fraction of sp³-hybridized carbons (Fsp3) is 0.667. The van der Waals surface area contributed by atoms with E-state index < -0.39 is 0 Å². The molecule has 0 radical (unpaired) electrons. The first-order chi connectivity index (χ1) is 8.08. The number of nitrogens with zero attached hydrogens (tertiary/aromatic N) is 1. The highest BCUT2D eigenvalue weighted by Crippen LogP contribution is 2.21. The van der Waals surface area contributed by atoms with Crippen molar-refractivity contribution in [3.63, 3.8) is 0 Å². The number of hydrogen-bond acceptors (Lipinski definition) is 4. The number of rotatable bonds is 6. The van der Waals surface area contributed by atoms with Gasteiger partial charge in [-0.2, -0.15) is 0 Å². The molecular formula is C12H20N2O2S. The van der Waals surface area contributed by atoms with E-state index in [0.29, 0.717) is 17.2 Å². The molecule has 5 heteroatoms. The Morgan fingerprint density at radius 3 is 2.76 bits per heavy atom. The van der Waals surface area contributed by atoms with Crippen molar-refractivity contribution in [1.82, 2.24) is 10.3 Å². The number of amides is 1. The maximum atomic E-state index is 11.9. The van der Waals surface area contributed by atoms with Gasteiger partial charge in [-0.25, -0.2) is 4.98 Å². The molecule has 0 fully saturated rings.